The molecule has 0 spiro atoms. The number of nitrogens with zero attached hydrogens (tertiary/aromatic N) is 4. The maximum atomic E-state index is 12.8. The van der Waals surface area contributed by atoms with Crippen LogP contribution < -0.4 is 0 Å². The smallest absolute Gasteiger partial charge is 0.409 e. The van der Waals surface area contributed by atoms with E-state index in [4.69, 9.17) is 74.8 Å². The molecule has 2 amide bonds. The molecular weight excluding hydrogens is 1240 g/mol. The number of ether oxygens (including phenoxy) is 6. The van der Waals surface area contributed by atoms with Gasteiger partial charge in [0.25, 0.3) is 0 Å². The van der Waals surface area contributed by atoms with Gasteiger partial charge in [-0.2, -0.15) is 0 Å². The first kappa shape index (κ1) is 73.8. The number of likely N-dealkylation sites (tertiary alicyclic amines) is 2. The molecule has 2 heterocycles. The highest BCUT2D eigenvalue weighted by atomic mass is 35.5. The van der Waals surface area contributed by atoms with Gasteiger partial charge < -0.3 is 53.5 Å². The lowest BCUT2D eigenvalue weighted by Gasteiger charge is -2.41. The van der Waals surface area contributed by atoms with E-state index in [0.29, 0.717) is 84.9 Å². The Balaban J connectivity index is 0.000000360. The topological polar surface area (TPSA) is 168 Å². The first-order valence-corrected chi connectivity index (χ1v) is 30.1. The van der Waals surface area contributed by atoms with Gasteiger partial charge >= 0.3 is 24.1 Å². The van der Waals surface area contributed by atoms with Crippen LogP contribution in [0.4, 0.5) is 9.59 Å². The van der Waals surface area contributed by atoms with E-state index in [1.54, 1.807) is 38.4 Å². The van der Waals surface area contributed by atoms with E-state index >= 15 is 0 Å². The SMILES string of the molecule is CCC(=O)OC1(c2ccccc2)CCN(CCOC(CN(C)C(=O)OCc2ccccc2)c2ccc(Cl)c(Cl)c2)CC1.CCC(=O)OC1(c2ccccc2)CCN(CCOC(CN(C)C(=O)OCc2ccccc2)c2ccc(Cl)c(Cl)c2)CC1.Cl.Cl.O. The number of halogens is 6. The summed E-state index contributed by atoms with van der Waals surface area (Å²) in [5.74, 6) is -0.377. The predicted octanol–water partition coefficient (Wildman–Crippen LogP) is 14.5. The van der Waals surface area contributed by atoms with Crippen molar-refractivity contribution in [2.24, 2.45) is 0 Å². The fourth-order valence-corrected chi connectivity index (χ4v) is 10.7. The number of hydrogen-bond donors (Lipinski definition) is 0. The predicted molar refractivity (Wildman–Crippen MR) is 347 cm³/mol. The Morgan fingerprint density at radius 2 is 0.805 bits per heavy atom. The Morgan fingerprint density at radius 1 is 0.483 bits per heavy atom. The third kappa shape index (κ3) is 22.4. The van der Waals surface area contributed by atoms with E-state index in [-0.39, 0.29) is 68.5 Å². The first-order valence-electron chi connectivity index (χ1n) is 28.6. The number of amides is 2. The Kier molecular flexibility index (Phi) is 31.7. The molecule has 2 saturated heterocycles. The first-order chi connectivity index (χ1) is 40.6. The molecule has 6 aromatic rings. The summed E-state index contributed by atoms with van der Waals surface area (Å²) in [6.45, 7) is 9.86. The van der Waals surface area contributed by atoms with E-state index in [9.17, 15) is 19.2 Å². The van der Waals surface area contributed by atoms with Crippen molar-refractivity contribution in [3.63, 3.8) is 0 Å². The van der Waals surface area contributed by atoms with Crippen LogP contribution in [0, 0.1) is 0 Å². The molecule has 2 aliphatic rings. The molecule has 87 heavy (non-hydrogen) atoms. The second-order valence-electron chi connectivity index (χ2n) is 21.0. The fourth-order valence-electron chi connectivity index (χ4n) is 10.1. The summed E-state index contributed by atoms with van der Waals surface area (Å²) in [4.78, 5) is 57.8. The van der Waals surface area contributed by atoms with Gasteiger partial charge in [0.1, 0.15) is 36.6 Å². The van der Waals surface area contributed by atoms with E-state index in [0.717, 1.165) is 59.6 Å². The number of benzene rings is 6. The molecule has 2 N–H and O–H groups in total. The van der Waals surface area contributed by atoms with Crippen LogP contribution in [0.1, 0.15) is 98.0 Å². The Labute approximate surface area is 544 Å². The molecule has 0 saturated carbocycles. The molecule has 2 aliphatic heterocycles. The van der Waals surface area contributed by atoms with Gasteiger partial charge in [-0.05, 0) is 57.6 Å². The van der Waals surface area contributed by atoms with Gasteiger partial charge in [0.2, 0.25) is 0 Å². The minimum atomic E-state index is -0.614. The van der Waals surface area contributed by atoms with Crippen LogP contribution in [0.15, 0.2) is 158 Å². The van der Waals surface area contributed by atoms with Crippen molar-refractivity contribution in [3.05, 3.63) is 211 Å². The van der Waals surface area contributed by atoms with Crippen molar-refractivity contribution >= 4 is 95.3 Å². The zero-order chi connectivity index (χ0) is 59.9. The fraction of sp³-hybridized carbons (Fsp3) is 0.394. The number of rotatable bonds is 24. The van der Waals surface area contributed by atoms with Crippen LogP contribution in [0.2, 0.25) is 20.1 Å². The normalized spacial score (nSPS) is 15.0. The number of esters is 2. The molecule has 0 aromatic heterocycles. The van der Waals surface area contributed by atoms with Crippen molar-refractivity contribution in [2.45, 2.75) is 89.0 Å². The lowest BCUT2D eigenvalue weighted by atomic mass is 9.84. The Bertz CT molecular complexity index is 2810. The minimum Gasteiger partial charge on any atom is -0.454 e. The van der Waals surface area contributed by atoms with Crippen molar-refractivity contribution < 1.29 is 53.1 Å². The summed E-state index contributed by atoms with van der Waals surface area (Å²) in [6.07, 6.45) is 1.74. The van der Waals surface area contributed by atoms with Gasteiger partial charge in [-0.15, -0.1) is 24.8 Å². The minimum absolute atomic E-state index is 0. The maximum Gasteiger partial charge on any atom is 0.409 e. The number of piperidine rings is 2. The van der Waals surface area contributed by atoms with Crippen molar-refractivity contribution in [1.82, 2.24) is 19.6 Å². The maximum absolute atomic E-state index is 12.8. The van der Waals surface area contributed by atoms with Gasteiger partial charge in [-0.1, -0.05) is 194 Å². The molecular formula is C66H80Cl6N4O11. The lowest BCUT2D eigenvalue weighted by molar-refractivity contribution is -0.167. The third-order valence-corrected chi connectivity index (χ3v) is 16.6. The quantitative estimate of drug-likeness (QED) is 0.0416. The van der Waals surface area contributed by atoms with Gasteiger partial charge in [0.15, 0.2) is 0 Å². The van der Waals surface area contributed by atoms with E-state index in [1.165, 1.54) is 9.80 Å². The van der Waals surface area contributed by atoms with Crippen LogP contribution >= 0.6 is 71.2 Å². The molecule has 6 aromatic carbocycles. The molecule has 2 atom stereocenters. The highest BCUT2D eigenvalue weighted by molar-refractivity contribution is 6.42. The highest BCUT2D eigenvalue weighted by Gasteiger charge is 2.41. The molecule has 0 radical (unpaired) electrons. The summed E-state index contributed by atoms with van der Waals surface area (Å²) in [5.41, 5.74) is 4.31. The molecule has 2 fully saturated rings. The standard InChI is InChI=1S/2C33H38Cl2N2O5.2ClH.H2O/c2*1-3-31(38)42-33(27-12-8-5-9-13-27)16-18-37(19-17-33)20-21-40-30(26-14-15-28(34)29(35)22-26)23-36(2)32(39)41-24-25-10-6-4-7-11-25;;;/h2*4-15,22,30H,3,16-21,23-24H2,1-2H3;2*1H;1H2. The highest BCUT2D eigenvalue weighted by Crippen LogP contribution is 2.39. The van der Waals surface area contributed by atoms with Crippen LogP contribution in [0.3, 0.4) is 0 Å². The van der Waals surface area contributed by atoms with Gasteiger partial charge in [0.05, 0.1) is 46.4 Å². The average Bonchev–Trinajstić information content (AvgIpc) is 1.34. The molecule has 0 bridgehead atoms. The third-order valence-electron chi connectivity index (χ3n) is 15.1. The Morgan fingerprint density at radius 3 is 1.11 bits per heavy atom. The number of carbonyl (C=O) groups excluding carboxylic acids is 4. The average molecular weight is 1320 g/mol. The summed E-state index contributed by atoms with van der Waals surface area (Å²) < 4.78 is 35.8. The van der Waals surface area contributed by atoms with E-state index < -0.39 is 35.6 Å². The lowest BCUT2D eigenvalue weighted by Crippen LogP contribution is -2.46. The number of likely N-dealkylation sites (N-methyl/N-ethyl adjacent to an activating group) is 2. The van der Waals surface area contributed by atoms with Crippen molar-refractivity contribution in [1.29, 1.82) is 0 Å². The zero-order valence-corrected chi connectivity index (χ0v) is 54.3. The van der Waals surface area contributed by atoms with Crippen molar-refractivity contribution in [3.8, 4) is 0 Å². The van der Waals surface area contributed by atoms with Crippen LogP contribution in [-0.2, 0) is 62.4 Å². The van der Waals surface area contributed by atoms with E-state index in [1.807, 2.05) is 147 Å². The Hall–Kier alpha value is -5.66. The van der Waals surface area contributed by atoms with Gasteiger partial charge in [0, 0.05) is 91.9 Å². The zero-order valence-electron chi connectivity index (χ0n) is 49.6. The van der Waals surface area contributed by atoms with Gasteiger partial charge in [-0.3, -0.25) is 9.59 Å². The summed E-state index contributed by atoms with van der Waals surface area (Å²) in [7, 11) is 3.37. The van der Waals surface area contributed by atoms with Crippen molar-refractivity contribution in [2.75, 3.05) is 79.7 Å². The van der Waals surface area contributed by atoms with Crippen LogP contribution in [-0.4, -0.2) is 129 Å². The van der Waals surface area contributed by atoms with Gasteiger partial charge in [-0.25, -0.2) is 9.59 Å². The molecule has 472 valence electrons. The number of hydrogen-bond acceptors (Lipinski definition) is 12. The molecule has 0 aliphatic carbocycles. The summed E-state index contributed by atoms with van der Waals surface area (Å²) >= 11 is 25.0. The van der Waals surface area contributed by atoms with E-state index in [2.05, 4.69) is 9.80 Å². The summed E-state index contributed by atoms with van der Waals surface area (Å²) in [6, 6.07) is 49.8. The van der Waals surface area contributed by atoms with Crippen LogP contribution in [0.25, 0.3) is 0 Å². The second kappa shape index (κ2) is 37.4. The molecule has 8 rings (SSSR count). The molecule has 21 heteroatoms. The van der Waals surface area contributed by atoms with Crippen LogP contribution in [0.5, 0.6) is 0 Å². The molecule has 2 unspecified atom stereocenters. The summed E-state index contributed by atoms with van der Waals surface area (Å²) in [5, 5.41) is 1.75. The molecule has 15 nitrogen and oxygen atoms in total. The monoisotopic (exact) mass is 1310 g/mol. The second-order valence-corrected chi connectivity index (χ2v) is 22.6. The largest absolute Gasteiger partial charge is 0.454 e. The number of carbonyl (C=O) groups is 4.